The number of carbonyl (C=O) groups is 1. The molecule has 0 aromatic heterocycles. The van der Waals surface area contributed by atoms with Gasteiger partial charge in [-0.1, -0.05) is 12.1 Å². The summed E-state index contributed by atoms with van der Waals surface area (Å²) in [6.45, 7) is 0. The first-order valence-corrected chi connectivity index (χ1v) is 5.83. The standard InChI is InChI=1S/C12H13N3O3/c1-14-10(13-12(5-6-12)11(14)16)8-3-2-4-9(7-8)15(17)18/h2-4,7,10,13H,5-6H2,1H3. The molecule has 0 radical (unpaired) electrons. The molecule has 1 heterocycles. The van der Waals surface area contributed by atoms with Crippen LogP contribution in [0.1, 0.15) is 24.6 Å². The molecule has 1 saturated carbocycles. The zero-order chi connectivity index (χ0) is 12.9. The molecule has 6 heteroatoms. The Labute approximate surface area is 104 Å². The van der Waals surface area contributed by atoms with E-state index in [2.05, 4.69) is 5.32 Å². The topological polar surface area (TPSA) is 75.5 Å². The summed E-state index contributed by atoms with van der Waals surface area (Å²) in [7, 11) is 1.73. The van der Waals surface area contributed by atoms with Crippen molar-refractivity contribution in [1.82, 2.24) is 10.2 Å². The largest absolute Gasteiger partial charge is 0.324 e. The zero-order valence-corrected chi connectivity index (χ0v) is 9.92. The summed E-state index contributed by atoms with van der Waals surface area (Å²) in [5, 5.41) is 14.0. The van der Waals surface area contributed by atoms with Crippen LogP contribution >= 0.6 is 0 Å². The Morgan fingerprint density at radius 3 is 2.78 bits per heavy atom. The molecule has 1 aliphatic carbocycles. The number of nitrogens with zero attached hydrogens (tertiary/aromatic N) is 2. The molecule has 1 aromatic rings. The number of non-ortho nitro benzene ring substituents is 1. The van der Waals surface area contributed by atoms with E-state index in [1.54, 1.807) is 24.1 Å². The Morgan fingerprint density at radius 1 is 1.50 bits per heavy atom. The van der Waals surface area contributed by atoms with Crippen LogP contribution in [0.2, 0.25) is 0 Å². The van der Waals surface area contributed by atoms with E-state index in [1.165, 1.54) is 12.1 Å². The van der Waals surface area contributed by atoms with Gasteiger partial charge in [0.2, 0.25) is 5.91 Å². The van der Waals surface area contributed by atoms with Gasteiger partial charge in [0.05, 0.1) is 4.92 Å². The lowest BCUT2D eigenvalue weighted by molar-refractivity contribution is -0.385. The molecule has 18 heavy (non-hydrogen) atoms. The van der Waals surface area contributed by atoms with Gasteiger partial charge in [-0.25, -0.2) is 0 Å². The Balaban J connectivity index is 1.94. The molecule has 1 spiro atoms. The SMILES string of the molecule is CN1C(=O)C2(CC2)NC1c1cccc([N+](=O)[O-])c1. The Bertz CT molecular complexity index is 539. The average Bonchev–Trinajstić information content (AvgIpc) is 3.10. The quantitative estimate of drug-likeness (QED) is 0.629. The van der Waals surface area contributed by atoms with Crippen LogP contribution in [0.3, 0.4) is 0 Å². The van der Waals surface area contributed by atoms with E-state index in [-0.39, 0.29) is 17.8 Å². The first kappa shape index (κ1) is 11.2. The summed E-state index contributed by atoms with van der Waals surface area (Å²) in [5.74, 6) is 0.0824. The van der Waals surface area contributed by atoms with Crippen molar-refractivity contribution in [3.05, 3.63) is 39.9 Å². The number of benzene rings is 1. The first-order chi connectivity index (χ1) is 8.53. The van der Waals surface area contributed by atoms with E-state index in [0.29, 0.717) is 0 Å². The van der Waals surface area contributed by atoms with Crippen molar-refractivity contribution in [2.24, 2.45) is 0 Å². The molecule has 0 bridgehead atoms. The third-order valence-electron chi connectivity index (χ3n) is 3.68. The number of nitro benzene ring substituents is 1. The first-order valence-electron chi connectivity index (χ1n) is 5.83. The van der Waals surface area contributed by atoms with Gasteiger partial charge in [0.25, 0.3) is 5.69 Å². The Morgan fingerprint density at radius 2 is 2.22 bits per heavy atom. The minimum atomic E-state index is -0.423. The molecule has 1 amide bonds. The second kappa shape index (κ2) is 3.52. The zero-order valence-electron chi connectivity index (χ0n) is 9.92. The fourth-order valence-electron chi connectivity index (χ4n) is 2.47. The van der Waals surface area contributed by atoms with Gasteiger partial charge in [-0.2, -0.15) is 0 Å². The number of hydrogen-bond donors (Lipinski definition) is 1. The molecule has 2 aliphatic rings. The molecule has 1 saturated heterocycles. The van der Waals surface area contributed by atoms with Crippen molar-refractivity contribution in [2.75, 3.05) is 7.05 Å². The molecule has 1 N–H and O–H groups in total. The molecule has 1 aliphatic heterocycles. The number of likely N-dealkylation sites (N-methyl/N-ethyl adjacent to an activating group) is 1. The van der Waals surface area contributed by atoms with Crippen molar-refractivity contribution < 1.29 is 9.72 Å². The van der Waals surface area contributed by atoms with Crippen molar-refractivity contribution >= 4 is 11.6 Å². The third kappa shape index (κ3) is 1.49. The van der Waals surface area contributed by atoms with Crippen LogP contribution in [-0.4, -0.2) is 28.3 Å². The molecule has 94 valence electrons. The predicted octanol–water partition coefficient (Wildman–Crippen LogP) is 1.19. The van der Waals surface area contributed by atoms with E-state index in [9.17, 15) is 14.9 Å². The highest BCUT2D eigenvalue weighted by Crippen LogP contribution is 2.45. The fraction of sp³-hybridized carbons (Fsp3) is 0.417. The monoisotopic (exact) mass is 247 g/mol. The van der Waals surface area contributed by atoms with Gasteiger partial charge in [-0.15, -0.1) is 0 Å². The van der Waals surface area contributed by atoms with Crippen molar-refractivity contribution in [3.8, 4) is 0 Å². The highest BCUT2D eigenvalue weighted by atomic mass is 16.6. The van der Waals surface area contributed by atoms with Crippen LogP contribution in [0.4, 0.5) is 5.69 Å². The molecular formula is C12H13N3O3. The average molecular weight is 247 g/mol. The van der Waals surface area contributed by atoms with E-state index < -0.39 is 10.5 Å². The van der Waals surface area contributed by atoms with Crippen LogP contribution in [0, 0.1) is 10.1 Å². The van der Waals surface area contributed by atoms with Gasteiger partial charge >= 0.3 is 0 Å². The van der Waals surface area contributed by atoms with E-state index in [0.717, 1.165) is 18.4 Å². The molecule has 1 atom stereocenters. The molecule has 1 aromatic carbocycles. The number of rotatable bonds is 2. The lowest BCUT2D eigenvalue weighted by Gasteiger charge is -2.19. The molecule has 6 nitrogen and oxygen atoms in total. The minimum Gasteiger partial charge on any atom is -0.324 e. The normalized spacial score (nSPS) is 24.6. The number of nitro groups is 1. The maximum atomic E-state index is 12.0. The van der Waals surface area contributed by atoms with Gasteiger partial charge < -0.3 is 4.90 Å². The predicted molar refractivity (Wildman–Crippen MR) is 63.7 cm³/mol. The summed E-state index contributed by atoms with van der Waals surface area (Å²) in [4.78, 5) is 24.0. The third-order valence-corrected chi connectivity index (χ3v) is 3.68. The molecule has 2 fully saturated rings. The van der Waals surface area contributed by atoms with Crippen LogP contribution in [-0.2, 0) is 4.79 Å². The number of nitrogens with one attached hydrogen (secondary N) is 1. The highest BCUT2D eigenvalue weighted by molar-refractivity contribution is 5.91. The van der Waals surface area contributed by atoms with Gasteiger partial charge in [-0.05, 0) is 18.4 Å². The second-order valence-corrected chi connectivity index (χ2v) is 4.90. The van der Waals surface area contributed by atoms with Gasteiger partial charge in [0.15, 0.2) is 0 Å². The second-order valence-electron chi connectivity index (χ2n) is 4.90. The van der Waals surface area contributed by atoms with Gasteiger partial charge in [0, 0.05) is 19.2 Å². The lowest BCUT2D eigenvalue weighted by Crippen LogP contribution is -2.30. The van der Waals surface area contributed by atoms with E-state index in [4.69, 9.17) is 0 Å². The fourth-order valence-corrected chi connectivity index (χ4v) is 2.47. The van der Waals surface area contributed by atoms with E-state index >= 15 is 0 Å². The van der Waals surface area contributed by atoms with Crippen LogP contribution in [0.25, 0.3) is 0 Å². The summed E-state index contributed by atoms with van der Waals surface area (Å²) in [6.07, 6.45) is 1.43. The van der Waals surface area contributed by atoms with Crippen molar-refractivity contribution in [1.29, 1.82) is 0 Å². The highest BCUT2D eigenvalue weighted by Gasteiger charge is 2.58. The van der Waals surface area contributed by atoms with E-state index in [1.807, 2.05) is 0 Å². The molecule has 3 rings (SSSR count). The summed E-state index contributed by atoms with van der Waals surface area (Å²) in [6, 6.07) is 6.41. The Hall–Kier alpha value is -1.95. The van der Waals surface area contributed by atoms with Gasteiger partial charge in [-0.3, -0.25) is 20.2 Å². The van der Waals surface area contributed by atoms with Crippen LogP contribution < -0.4 is 5.32 Å². The maximum absolute atomic E-state index is 12.0. The number of amides is 1. The van der Waals surface area contributed by atoms with Crippen LogP contribution in [0.15, 0.2) is 24.3 Å². The maximum Gasteiger partial charge on any atom is 0.269 e. The summed E-state index contributed by atoms with van der Waals surface area (Å²) < 4.78 is 0. The van der Waals surface area contributed by atoms with Crippen molar-refractivity contribution in [2.45, 2.75) is 24.5 Å². The summed E-state index contributed by atoms with van der Waals surface area (Å²) >= 11 is 0. The molecule has 1 unspecified atom stereocenters. The Kier molecular flexibility index (Phi) is 2.18. The summed E-state index contributed by atoms with van der Waals surface area (Å²) in [5.41, 5.74) is 0.403. The number of carbonyl (C=O) groups excluding carboxylic acids is 1. The number of hydrogen-bond acceptors (Lipinski definition) is 4. The lowest BCUT2D eigenvalue weighted by atomic mass is 10.1. The van der Waals surface area contributed by atoms with Gasteiger partial charge in [0.1, 0.15) is 11.7 Å². The molecular weight excluding hydrogens is 234 g/mol. The van der Waals surface area contributed by atoms with Crippen LogP contribution in [0.5, 0.6) is 0 Å². The van der Waals surface area contributed by atoms with Crippen molar-refractivity contribution in [3.63, 3.8) is 0 Å². The smallest absolute Gasteiger partial charge is 0.269 e. The minimum absolute atomic E-state index is 0.0481.